The van der Waals surface area contributed by atoms with Crippen LogP contribution < -0.4 is 5.32 Å². The van der Waals surface area contributed by atoms with Gasteiger partial charge in [-0.05, 0) is 30.8 Å². The van der Waals surface area contributed by atoms with E-state index >= 15 is 0 Å². The summed E-state index contributed by atoms with van der Waals surface area (Å²) in [6.07, 6.45) is 0. The number of nitrogens with one attached hydrogen (secondary N) is 1. The fourth-order valence-electron chi connectivity index (χ4n) is 2.65. The predicted octanol–water partition coefficient (Wildman–Crippen LogP) is 0.810. The molecule has 0 radical (unpaired) electrons. The van der Waals surface area contributed by atoms with E-state index in [4.69, 9.17) is 4.74 Å². The Balaban J connectivity index is 1.57. The van der Waals surface area contributed by atoms with Gasteiger partial charge >= 0.3 is 0 Å². The standard InChI is InChI=1S/C12H24N2O/c1-10(2)9-15-4-3-14-7-11-5-13-6-12(11)8-14/h10-13H,3-9H2,1-2H3. The molecular weight excluding hydrogens is 188 g/mol. The van der Waals surface area contributed by atoms with Crippen LogP contribution in [0.2, 0.25) is 0 Å². The second kappa shape index (κ2) is 5.28. The molecule has 2 rings (SSSR count). The van der Waals surface area contributed by atoms with Crippen molar-refractivity contribution in [2.45, 2.75) is 13.8 Å². The molecule has 0 bridgehead atoms. The Hall–Kier alpha value is -0.120. The summed E-state index contributed by atoms with van der Waals surface area (Å²) >= 11 is 0. The van der Waals surface area contributed by atoms with Crippen molar-refractivity contribution in [1.29, 1.82) is 0 Å². The Kier molecular flexibility index (Phi) is 4.00. The molecule has 0 spiro atoms. The summed E-state index contributed by atoms with van der Waals surface area (Å²) < 4.78 is 5.62. The zero-order valence-electron chi connectivity index (χ0n) is 10.0. The molecule has 2 saturated heterocycles. The highest BCUT2D eigenvalue weighted by Crippen LogP contribution is 2.25. The van der Waals surface area contributed by atoms with E-state index in [-0.39, 0.29) is 0 Å². The maximum atomic E-state index is 5.62. The molecule has 0 saturated carbocycles. The monoisotopic (exact) mass is 212 g/mol. The van der Waals surface area contributed by atoms with E-state index in [1.165, 1.54) is 26.2 Å². The largest absolute Gasteiger partial charge is 0.380 e. The molecule has 1 N–H and O–H groups in total. The van der Waals surface area contributed by atoms with Gasteiger partial charge in [0.2, 0.25) is 0 Å². The van der Waals surface area contributed by atoms with Crippen molar-refractivity contribution in [2.75, 3.05) is 45.9 Å². The van der Waals surface area contributed by atoms with Crippen molar-refractivity contribution >= 4 is 0 Å². The molecule has 0 aromatic heterocycles. The lowest BCUT2D eigenvalue weighted by Gasteiger charge is -2.17. The number of hydrogen-bond donors (Lipinski definition) is 1. The minimum Gasteiger partial charge on any atom is -0.380 e. The Morgan fingerprint density at radius 1 is 1.27 bits per heavy atom. The van der Waals surface area contributed by atoms with Gasteiger partial charge in [-0.2, -0.15) is 0 Å². The molecule has 0 amide bonds. The van der Waals surface area contributed by atoms with Crippen LogP contribution in [0, 0.1) is 17.8 Å². The highest BCUT2D eigenvalue weighted by atomic mass is 16.5. The molecule has 0 aromatic carbocycles. The quantitative estimate of drug-likeness (QED) is 0.683. The van der Waals surface area contributed by atoms with Gasteiger partial charge in [0.25, 0.3) is 0 Å². The van der Waals surface area contributed by atoms with Gasteiger partial charge in [0.05, 0.1) is 6.61 Å². The SMILES string of the molecule is CC(C)COCCN1CC2CNCC2C1. The van der Waals surface area contributed by atoms with Crippen LogP contribution in [0.4, 0.5) is 0 Å². The lowest BCUT2D eigenvalue weighted by molar-refractivity contribution is 0.0895. The van der Waals surface area contributed by atoms with Crippen LogP contribution in [0.15, 0.2) is 0 Å². The lowest BCUT2D eigenvalue weighted by Crippen LogP contribution is -2.29. The van der Waals surface area contributed by atoms with E-state index in [0.29, 0.717) is 5.92 Å². The number of hydrogen-bond acceptors (Lipinski definition) is 3. The second-order valence-corrected chi connectivity index (χ2v) is 5.41. The smallest absolute Gasteiger partial charge is 0.0593 e. The van der Waals surface area contributed by atoms with Crippen LogP contribution in [-0.4, -0.2) is 50.8 Å². The van der Waals surface area contributed by atoms with Gasteiger partial charge in [0.15, 0.2) is 0 Å². The normalized spacial score (nSPS) is 31.4. The average molecular weight is 212 g/mol. The molecule has 2 aliphatic rings. The lowest BCUT2D eigenvalue weighted by atomic mass is 10.0. The summed E-state index contributed by atoms with van der Waals surface area (Å²) in [5.74, 6) is 2.48. The molecule has 2 aliphatic heterocycles. The van der Waals surface area contributed by atoms with Crippen LogP contribution in [0.1, 0.15) is 13.8 Å². The summed E-state index contributed by atoms with van der Waals surface area (Å²) in [5.41, 5.74) is 0. The van der Waals surface area contributed by atoms with Crippen molar-refractivity contribution in [3.63, 3.8) is 0 Å². The highest BCUT2D eigenvalue weighted by Gasteiger charge is 2.35. The first kappa shape index (κ1) is 11.4. The van der Waals surface area contributed by atoms with Gasteiger partial charge in [-0.1, -0.05) is 13.8 Å². The number of rotatable bonds is 5. The van der Waals surface area contributed by atoms with E-state index < -0.39 is 0 Å². The van der Waals surface area contributed by atoms with Crippen LogP contribution in [0.3, 0.4) is 0 Å². The second-order valence-electron chi connectivity index (χ2n) is 5.41. The van der Waals surface area contributed by atoms with E-state index in [9.17, 15) is 0 Å². The zero-order valence-corrected chi connectivity index (χ0v) is 10.0. The fraction of sp³-hybridized carbons (Fsp3) is 1.00. The van der Waals surface area contributed by atoms with Crippen molar-refractivity contribution in [1.82, 2.24) is 10.2 Å². The van der Waals surface area contributed by atoms with Gasteiger partial charge in [-0.3, -0.25) is 0 Å². The van der Waals surface area contributed by atoms with E-state index in [1.807, 2.05) is 0 Å². The summed E-state index contributed by atoms with van der Waals surface area (Å²) in [5, 5.41) is 3.47. The predicted molar refractivity (Wildman–Crippen MR) is 61.9 cm³/mol. The molecule has 2 unspecified atom stereocenters. The summed E-state index contributed by atoms with van der Waals surface area (Å²) in [6.45, 7) is 12.4. The summed E-state index contributed by atoms with van der Waals surface area (Å²) in [4.78, 5) is 2.57. The first-order chi connectivity index (χ1) is 7.25. The molecule has 3 heteroatoms. The van der Waals surface area contributed by atoms with Crippen LogP contribution in [-0.2, 0) is 4.74 Å². The number of nitrogens with zero attached hydrogens (tertiary/aromatic N) is 1. The zero-order chi connectivity index (χ0) is 10.7. The van der Waals surface area contributed by atoms with Crippen LogP contribution in [0.5, 0.6) is 0 Å². The molecular formula is C12H24N2O. The molecule has 88 valence electrons. The first-order valence-electron chi connectivity index (χ1n) is 6.26. The van der Waals surface area contributed by atoms with Gasteiger partial charge in [0.1, 0.15) is 0 Å². The van der Waals surface area contributed by atoms with Crippen LogP contribution in [0.25, 0.3) is 0 Å². The van der Waals surface area contributed by atoms with E-state index in [0.717, 1.165) is 31.6 Å². The average Bonchev–Trinajstić information content (AvgIpc) is 2.71. The molecule has 0 aliphatic carbocycles. The van der Waals surface area contributed by atoms with Gasteiger partial charge in [-0.15, -0.1) is 0 Å². The minimum absolute atomic E-state index is 0.659. The van der Waals surface area contributed by atoms with Crippen molar-refractivity contribution in [3.05, 3.63) is 0 Å². The minimum atomic E-state index is 0.659. The van der Waals surface area contributed by atoms with Crippen molar-refractivity contribution < 1.29 is 4.74 Å². The third-order valence-corrected chi connectivity index (χ3v) is 3.47. The van der Waals surface area contributed by atoms with Crippen molar-refractivity contribution in [2.24, 2.45) is 17.8 Å². The van der Waals surface area contributed by atoms with Gasteiger partial charge < -0.3 is 15.0 Å². The Labute approximate surface area is 93.2 Å². The van der Waals surface area contributed by atoms with Crippen LogP contribution >= 0.6 is 0 Å². The maximum Gasteiger partial charge on any atom is 0.0593 e. The van der Waals surface area contributed by atoms with Crippen molar-refractivity contribution in [3.8, 4) is 0 Å². The Morgan fingerprint density at radius 3 is 2.53 bits per heavy atom. The highest BCUT2D eigenvalue weighted by molar-refractivity contribution is 4.90. The maximum absolute atomic E-state index is 5.62. The fourth-order valence-corrected chi connectivity index (χ4v) is 2.65. The number of ether oxygens (including phenoxy) is 1. The molecule has 2 heterocycles. The third kappa shape index (κ3) is 3.16. The molecule has 15 heavy (non-hydrogen) atoms. The van der Waals surface area contributed by atoms with E-state index in [1.54, 1.807) is 0 Å². The van der Waals surface area contributed by atoms with E-state index in [2.05, 4.69) is 24.1 Å². The Morgan fingerprint density at radius 2 is 1.93 bits per heavy atom. The molecule has 3 nitrogen and oxygen atoms in total. The molecule has 2 fully saturated rings. The number of likely N-dealkylation sites (tertiary alicyclic amines) is 1. The first-order valence-corrected chi connectivity index (χ1v) is 6.26. The topological polar surface area (TPSA) is 24.5 Å². The number of fused-ring (bicyclic) bond motifs is 1. The van der Waals surface area contributed by atoms with Gasteiger partial charge in [0, 0.05) is 26.2 Å². The molecule has 2 atom stereocenters. The summed E-state index contributed by atoms with van der Waals surface area (Å²) in [7, 11) is 0. The Bertz CT molecular complexity index is 184. The summed E-state index contributed by atoms with van der Waals surface area (Å²) in [6, 6.07) is 0. The third-order valence-electron chi connectivity index (χ3n) is 3.47. The molecule has 0 aromatic rings. The van der Waals surface area contributed by atoms with Gasteiger partial charge in [-0.25, -0.2) is 0 Å².